The van der Waals surface area contributed by atoms with Crippen molar-refractivity contribution in [3.63, 3.8) is 0 Å². The summed E-state index contributed by atoms with van der Waals surface area (Å²) >= 11 is 0. The maximum atomic E-state index is 13.9. The number of nitrogens with zero attached hydrogens (tertiary/aromatic N) is 4. The zero-order valence-electron chi connectivity index (χ0n) is 21.4. The molecule has 37 heavy (non-hydrogen) atoms. The van der Waals surface area contributed by atoms with Crippen LogP contribution in [0.15, 0.2) is 42.7 Å². The molecule has 3 heterocycles. The lowest BCUT2D eigenvalue weighted by Crippen LogP contribution is -2.45. The predicted molar refractivity (Wildman–Crippen MR) is 140 cm³/mol. The van der Waals surface area contributed by atoms with Crippen LogP contribution < -0.4 is 10.6 Å². The zero-order valence-corrected chi connectivity index (χ0v) is 21.4. The van der Waals surface area contributed by atoms with Crippen LogP contribution >= 0.6 is 0 Å². The van der Waals surface area contributed by atoms with Gasteiger partial charge in [-0.3, -0.25) is 9.69 Å². The van der Waals surface area contributed by atoms with Crippen LogP contribution in [0.3, 0.4) is 0 Å². The number of aromatic nitrogens is 3. The van der Waals surface area contributed by atoms with Crippen LogP contribution in [0.1, 0.15) is 73.2 Å². The van der Waals surface area contributed by atoms with Gasteiger partial charge in [0.25, 0.3) is 11.8 Å². The molecular weight excluding hydrogens is 474 g/mol. The molecule has 3 aromatic rings. The smallest absolute Gasteiger partial charge is 0.252 e. The van der Waals surface area contributed by atoms with Gasteiger partial charge >= 0.3 is 0 Å². The van der Waals surface area contributed by atoms with E-state index in [1.54, 1.807) is 18.5 Å². The molecule has 2 aromatic heterocycles. The Morgan fingerprint density at radius 3 is 2.51 bits per heavy atom. The maximum Gasteiger partial charge on any atom is 0.252 e. The molecular formula is C28H34F2N6O. The number of amides is 1. The monoisotopic (exact) mass is 508 g/mol. The molecule has 196 valence electrons. The molecule has 2 N–H and O–H groups in total. The summed E-state index contributed by atoms with van der Waals surface area (Å²) < 4.78 is 27.7. The van der Waals surface area contributed by atoms with E-state index in [-0.39, 0.29) is 50.3 Å². The lowest BCUT2D eigenvalue weighted by Gasteiger charge is -2.37. The molecule has 0 spiro atoms. The third-order valence-corrected chi connectivity index (χ3v) is 7.26. The largest absolute Gasteiger partial charge is 0.370 e. The Hall–Kier alpha value is -3.20. The first-order chi connectivity index (χ1) is 17.8. The minimum atomic E-state index is -2.65. The fourth-order valence-electron chi connectivity index (χ4n) is 4.75. The highest BCUT2D eigenvalue weighted by Crippen LogP contribution is 2.32. The average Bonchev–Trinajstić information content (AvgIpc) is 3.72. The summed E-state index contributed by atoms with van der Waals surface area (Å²) in [5.41, 5.74) is 2.09. The van der Waals surface area contributed by atoms with Gasteiger partial charge < -0.3 is 10.6 Å². The van der Waals surface area contributed by atoms with E-state index in [1.807, 2.05) is 43.0 Å². The van der Waals surface area contributed by atoms with Crippen molar-refractivity contribution in [2.75, 3.05) is 31.5 Å². The van der Waals surface area contributed by atoms with Gasteiger partial charge in [0.15, 0.2) is 0 Å². The molecule has 1 aliphatic heterocycles. The van der Waals surface area contributed by atoms with Gasteiger partial charge in [-0.25, -0.2) is 23.7 Å². The van der Waals surface area contributed by atoms with Gasteiger partial charge in [0.05, 0.1) is 11.6 Å². The number of hydrogen-bond acceptors (Lipinski definition) is 6. The first kappa shape index (κ1) is 25.4. The van der Waals surface area contributed by atoms with E-state index in [2.05, 4.69) is 25.6 Å². The van der Waals surface area contributed by atoms with Crippen LogP contribution in [-0.2, 0) is 0 Å². The van der Waals surface area contributed by atoms with Gasteiger partial charge in [0.1, 0.15) is 11.6 Å². The molecule has 9 heteroatoms. The molecule has 2 aliphatic rings. The molecule has 2 fully saturated rings. The van der Waals surface area contributed by atoms with Crippen molar-refractivity contribution in [2.45, 2.75) is 57.4 Å². The van der Waals surface area contributed by atoms with E-state index in [0.717, 1.165) is 40.6 Å². The standard InChI is InChI=1S/C28H34F2N6O/c1-18(2)26-32-15-20(16-33-26)24(36-12-10-28(29,30)11-13-36)17-34-27(37)22-4-3-5-23-21(22)8-9-25(35-23)31-14-19-6-7-19/h3-5,8-9,15-16,18-19,24H,6-7,10-14,17H2,1-2H3,(H,31,35)(H,34,37). The van der Waals surface area contributed by atoms with E-state index in [9.17, 15) is 13.6 Å². The van der Waals surface area contributed by atoms with Crippen LogP contribution in [0.25, 0.3) is 10.9 Å². The number of halogens is 2. The lowest BCUT2D eigenvalue weighted by atomic mass is 10.0. The summed E-state index contributed by atoms with van der Waals surface area (Å²) in [6.45, 7) is 5.71. The molecule has 1 unspecified atom stereocenters. The number of pyridine rings is 1. The second kappa shape index (κ2) is 10.7. The quantitative estimate of drug-likeness (QED) is 0.415. The van der Waals surface area contributed by atoms with Gasteiger partial charge in [-0.05, 0) is 43.0 Å². The number of nitrogens with one attached hydrogen (secondary N) is 2. The third-order valence-electron chi connectivity index (χ3n) is 7.26. The molecule has 1 atom stereocenters. The van der Waals surface area contributed by atoms with Gasteiger partial charge in [-0.1, -0.05) is 19.9 Å². The van der Waals surface area contributed by atoms with Crippen LogP contribution in [0, 0.1) is 5.92 Å². The number of anilines is 1. The van der Waals surface area contributed by atoms with Crippen molar-refractivity contribution < 1.29 is 13.6 Å². The normalized spacial score (nSPS) is 18.6. The second-order valence-electron chi connectivity index (χ2n) is 10.5. The van der Waals surface area contributed by atoms with Gasteiger partial charge in [0, 0.05) is 73.8 Å². The first-order valence-electron chi connectivity index (χ1n) is 13.1. The number of rotatable bonds is 9. The molecule has 1 aromatic carbocycles. The van der Waals surface area contributed by atoms with Crippen molar-refractivity contribution in [3.8, 4) is 0 Å². The number of hydrogen-bond donors (Lipinski definition) is 2. The summed E-state index contributed by atoms with van der Waals surface area (Å²) in [7, 11) is 0. The topological polar surface area (TPSA) is 83.0 Å². The number of fused-ring (bicyclic) bond motifs is 1. The SMILES string of the molecule is CC(C)c1ncc(C(CNC(=O)c2cccc3nc(NCC4CC4)ccc23)N2CCC(F)(F)CC2)cn1. The molecule has 5 rings (SSSR count). The highest BCUT2D eigenvalue weighted by molar-refractivity contribution is 6.06. The third kappa shape index (κ3) is 6.21. The van der Waals surface area contributed by atoms with Crippen molar-refractivity contribution in [3.05, 3.63) is 59.7 Å². The highest BCUT2D eigenvalue weighted by Gasteiger charge is 2.37. The van der Waals surface area contributed by atoms with E-state index < -0.39 is 5.92 Å². The number of likely N-dealkylation sites (tertiary alicyclic amines) is 1. The van der Waals surface area contributed by atoms with Crippen molar-refractivity contribution in [1.82, 2.24) is 25.2 Å². The predicted octanol–water partition coefficient (Wildman–Crippen LogP) is 5.17. The van der Waals surface area contributed by atoms with E-state index in [0.29, 0.717) is 5.56 Å². The number of benzene rings is 1. The van der Waals surface area contributed by atoms with Gasteiger partial charge in [-0.15, -0.1) is 0 Å². The van der Waals surface area contributed by atoms with E-state index in [4.69, 9.17) is 0 Å². The van der Waals surface area contributed by atoms with Gasteiger partial charge in [0.2, 0.25) is 0 Å². The zero-order chi connectivity index (χ0) is 26.0. The molecule has 1 aliphatic carbocycles. The van der Waals surface area contributed by atoms with Crippen molar-refractivity contribution >= 4 is 22.6 Å². The first-order valence-corrected chi connectivity index (χ1v) is 13.1. The summed E-state index contributed by atoms with van der Waals surface area (Å²) in [6, 6.07) is 9.05. The molecule has 1 amide bonds. The number of piperidine rings is 1. The van der Waals surface area contributed by atoms with Crippen LogP contribution in [0.4, 0.5) is 14.6 Å². The minimum Gasteiger partial charge on any atom is -0.370 e. The van der Waals surface area contributed by atoms with Crippen molar-refractivity contribution in [2.24, 2.45) is 5.92 Å². The Balaban J connectivity index is 1.32. The van der Waals surface area contributed by atoms with Crippen LogP contribution in [0.5, 0.6) is 0 Å². The average molecular weight is 509 g/mol. The second-order valence-corrected chi connectivity index (χ2v) is 10.5. The number of alkyl halides is 2. The van der Waals surface area contributed by atoms with E-state index in [1.165, 1.54) is 12.8 Å². The molecule has 0 radical (unpaired) electrons. The van der Waals surface area contributed by atoms with Crippen molar-refractivity contribution in [1.29, 1.82) is 0 Å². The molecule has 7 nitrogen and oxygen atoms in total. The molecule has 0 bridgehead atoms. The minimum absolute atomic E-state index is 0.185. The van der Waals surface area contributed by atoms with E-state index >= 15 is 0 Å². The fourth-order valence-corrected chi connectivity index (χ4v) is 4.75. The Morgan fingerprint density at radius 1 is 1.11 bits per heavy atom. The summed E-state index contributed by atoms with van der Waals surface area (Å²) in [6.07, 6.45) is 5.64. The van der Waals surface area contributed by atoms with Crippen LogP contribution in [0.2, 0.25) is 0 Å². The summed E-state index contributed by atoms with van der Waals surface area (Å²) in [4.78, 5) is 28.9. The lowest BCUT2D eigenvalue weighted by molar-refractivity contribution is -0.0632. The fraction of sp³-hybridized carbons (Fsp3) is 0.500. The van der Waals surface area contributed by atoms with Gasteiger partial charge in [-0.2, -0.15) is 0 Å². The van der Waals surface area contributed by atoms with Crippen LogP contribution in [-0.4, -0.2) is 57.9 Å². The Labute approximate surface area is 216 Å². The number of carbonyl (C=O) groups is 1. The molecule has 1 saturated heterocycles. The molecule has 1 saturated carbocycles. The Kier molecular flexibility index (Phi) is 7.33. The summed E-state index contributed by atoms with van der Waals surface area (Å²) in [5.74, 6) is -0.413. The maximum absolute atomic E-state index is 13.9. The Bertz CT molecular complexity index is 1240. The highest BCUT2D eigenvalue weighted by atomic mass is 19.3. The Morgan fingerprint density at radius 2 is 1.84 bits per heavy atom. The number of carbonyl (C=O) groups excluding carboxylic acids is 1. The summed E-state index contributed by atoms with van der Waals surface area (Å²) in [5, 5.41) is 7.19.